The highest BCUT2D eigenvalue weighted by Gasteiger charge is 2.15. The average Bonchev–Trinajstić information content (AvgIpc) is 2.78. The fraction of sp³-hybridized carbons (Fsp3) is 0.115. The van der Waals surface area contributed by atoms with Crippen molar-refractivity contribution in [3.63, 3.8) is 0 Å². The predicted octanol–water partition coefficient (Wildman–Crippen LogP) is 5.40. The molecule has 2 aromatic heterocycles. The molecule has 3 aromatic carbocycles. The topological polar surface area (TPSA) is 65.1 Å². The van der Waals surface area contributed by atoms with E-state index in [1.807, 2.05) is 74.5 Å². The molecule has 32 heavy (non-hydrogen) atoms. The van der Waals surface area contributed by atoms with Crippen molar-refractivity contribution in [3.05, 3.63) is 110 Å². The van der Waals surface area contributed by atoms with Crippen LogP contribution < -0.4 is 11.2 Å². The second kappa shape index (κ2) is 8.13. The molecule has 0 saturated heterocycles. The Kier molecular flexibility index (Phi) is 5.15. The zero-order valence-electron chi connectivity index (χ0n) is 17.7. The quantitative estimate of drug-likeness (QED) is 0.213. The van der Waals surface area contributed by atoms with Crippen molar-refractivity contribution in [1.29, 1.82) is 0 Å². The lowest BCUT2D eigenvalue weighted by Gasteiger charge is -2.14. The SMILES string of the molecule is Cc1ccc(-n2c(SCc3cc(=O)oc4cc(C)ccc34)nc3ccccc3c2=O)cc1. The Bertz CT molecular complexity index is 1580. The van der Waals surface area contributed by atoms with Crippen molar-refractivity contribution >= 4 is 33.6 Å². The zero-order valence-corrected chi connectivity index (χ0v) is 18.5. The molecule has 0 aliphatic heterocycles. The maximum absolute atomic E-state index is 13.4. The Hall–Kier alpha value is -3.64. The van der Waals surface area contributed by atoms with Crippen molar-refractivity contribution in [3.8, 4) is 5.69 Å². The number of aromatic nitrogens is 2. The van der Waals surface area contributed by atoms with Gasteiger partial charge < -0.3 is 4.42 Å². The Morgan fingerprint density at radius 3 is 2.44 bits per heavy atom. The Morgan fingerprint density at radius 1 is 0.875 bits per heavy atom. The van der Waals surface area contributed by atoms with Crippen LogP contribution in [-0.2, 0) is 5.75 Å². The summed E-state index contributed by atoms with van der Waals surface area (Å²) in [6.07, 6.45) is 0. The van der Waals surface area contributed by atoms with E-state index in [0.717, 1.165) is 27.8 Å². The Balaban J connectivity index is 1.64. The van der Waals surface area contributed by atoms with Gasteiger partial charge in [-0.05, 0) is 55.3 Å². The Labute approximate surface area is 188 Å². The fourth-order valence-corrected chi connectivity index (χ4v) is 4.73. The maximum Gasteiger partial charge on any atom is 0.336 e. The van der Waals surface area contributed by atoms with Crippen molar-refractivity contribution in [2.45, 2.75) is 24.8 Å². The summed E-state index contributed by atoms with van der Waals surface area (Å²) in [5.41, 5.74) is 4.45. The lowest BCUT2D eigenvalue weighted by Crippen LogP contribution is -2.21. The van der Waals surface area contributed by atoms with Gasteiger partial charge in [-0.15, -0.1) is 0 Å². The molecule has 0 N–H and O–H groups in total. The van der Waals surface area contributed by atoms with Crippen LogP contribution in [0.5, 0.6) is 0 Å². The van der Waals surface area contributed by atoms with Gasteiger partial charge in [-0.3, -0.25) is 9.36 Å². The molecule has 0 saturated carbocycles. The smallest absolute Gasteiger partial charge is 0.336 e. The average molecular weight is 441 g/mol. The summed E-state index contributed by atoms with van der Waals surface area (Å²) >= 11 is 1.43. The van der Waals surface area contributed by atoms with Crippen molar-refractivity contribution < 1.29 is 4.42 Å². The van der Waals surface area contributed by atoms with E-state index in [0.29, 0.717) is 27.4 Å². The third kappa shape index (κ3) is 3.74. The van der Waals surface area contributed by atoms with Crippen LogP contribution >= 0.6 is 11.8 Å². The van der Waals surface area contributed by atoms with Gasteiger partial charge in [0, 0.05) is 17.2 Å². The van der Waals surface area contributed by atoms with Crippen LogP contribution in [0.15, 0.2) is 92.0 Å². The lowest BCUT2D eigenvalue weighted by molar-refractivity contribution is 0.559. The molecule has 0 unspecified atom stereocenters. The van der Waals surface area contributed by atoms with Gasteiger partial charge in [0.05, 0.1) is 16.6 Å². The number of fused-ring (bicyclic) bond motifs is 2. The number of benzene rings is 3. The van der Waals surface area contributed by atoms with Gasteiger partial charge in [0.1, 0.15) is 5.58 Å². The molecule has 0 fully saturated rings. The summed E-state index contributed by atoms with van der Waals surface area (Å²) in [4.78, 5) is 30.3. The van der Waals surface area contributed by atoms with Crippen LogP contribution in [-0.4, -0.2) is 9.55 Å². The number of rotatable bonds is 4. The summed E-state index contributed by atoms with van der Waals surface area (Å²) < 4.78 is 7.02. The van der Waals surface area contributed by atoms with Crippen LogP contribution in [0.4, 0.5) is 0 Å². The molecule has 0 spiro atoms. The number of aryl methyl sites for hydroxylation is 2. The van der Waals surface area contributed by atoms with E-state index >= 15 is 0 Å². The number of hydrogen-bond acceptors (Lipinski definition) is 5. The highest BCUT2D eigenvalue weighted by Crippen LogP contribution is 2.28. The van der Waals surface area contributed by atoms with E-state index in [4.69, 9.17) is 9.40 Å². The van der Waals surface area contributed by atoms with Gasteiger partial charge in [0.2, 0.25) is 0 Å². The highest BCUT2D eigenvalue weighted by atomic mass is 32.2. The van der Waals surface area contributed by atoms with E-state index in [9.17, 15) is 9.59 Å². The molecule has 5 aromatic rings. The van der Waals surface area contributed by atoms with Gasteiger partial charge in [0.25, 0.3) is 5.56 Å². The minimum absolute atomic E-state index is 0.116. The van der Waals surface area contributed by atoms with Crippen molar-refractivity contribution in [2.24, 2.45) is 0 Å². The van der Waals surface area contributed by atoms with Crippen LogP contribution in [0.1, 0.15) is 16.7 Å². The molecule has 6 heteroatoms. The molecule has 0 bridgehead atoms. The van der Waals surface area contributed by atoms with Crippen LogP contribution in [0.25, 0.3) is 27.6 Å². The number of thioether (sulfide) groups is 1. The summed E-state index contributed by atoms with van der Waals surface area (Å²) in [6, 6.07) is 22.5. The monoisotopic (exact) mass is 440 g/mol. The van der Waals surface area contributed by atoms with Gasteiger partial charge in [-0.1, -0.05) is 53.7 Å². The largest absolute Gasteiger partial charge is 0.423 e. The molecule has 0 amide bonds. The molecule has 5 nitrogen and oxygen atoms in total. The predicted molar refractivity (Wildman–Crippen MR) is 129 cm³/mol. The molecular weight excluding hydrogens is 420 g/mol. The van der Waals surface area contributed by atoms with Gasteiger partial charge >= 0.3 is 5.63 Å². The maximum atomic E-state index is 13.4. The van der Waals surface area contributed by atoms with E-state index in [2.05, 4.69) is 0 Å². The molecule has 158 valence electrons. The van der Waals surface area contributed by atoms with Gasteiger partial charge in [-0.25, -0.2) is 9.78 Å². The number of nitrogens with zero attached hydrogens (tertiary/aromatic N) is 2. The summed E-state index contributed by atoms with van der Waals surface area (Å²) in [6.45, 7) is 3.97. The van der Waals surface area contributed by atoms with Gasteiger partial charge in [0.15, 0.2) is 5.16 Å². The minimum atomic E-state index is -0.388. The second-order valence-electron chi connectivity index (χ2n) is 7.77. The van der Waals surface area contributed by atoms with E-state index in [1.54, 1.807) is 10.6 Å². The molecule has 2 heterocycles. The minimum Gasteiger partial charge on any atom is -0.423 e. The first-order valence-electron chi connectivity index (χ1n) is 10.2. The zero-order chi connectivity index (χ0) is 22.2. The molecule has 5 rings (SSSR count). The number of hydrogen-bond donors (Lipinski definition) is 0. The number of para-hydroxylation sites is 1. The summed E-state index contributed by atoms with van der Waals surface area (Å²) in [5, 5.41) is 2.03. The highest BCUT2D eigenvalue weighted by molar-refractivity contribution is 7.98. The normalized spacial score (nSPS) is 11.3. The van der Waals surface area contributed by atoms with E-state index in [1.165, 1.54) is 17.8 Å². The van der Waals surface area contributed by atoms with Crippen molar-refractivity contribution in [1.82, 2.24) is 9.55 Å². The van der Waals surface area contributed by atoms with E-state index < -0.39 is 0 Å². The first-order valence-corrected chi connectivity index (χ1v) is 11.2. The second-order valence-corrected chi connectivity index (χ2v) is 8.71. The molecule has 0 aliphatic rings. The third-order valence-electron chi connectivity index (χ3n) is 5.38. The third-order valence-corrected chi connectivity index (χ3v) is 6.37. The fourth-order valence-electron chi connectivity index (χ4n) is 3.73. The molecular formula is C26H20N2O3S. The van der Waals surface area contributed by atoms with Crippen LogP contribution in [0, 0.1) is 13.8 Å². The summed E-state index contributed by atoms with van der Waals surface area (Å²) in [5.74, 6) is 0.474. The first-order chi connectivity index (χ1) is 15.5. The molecule has 0 atom stereocenters. The molecule has 0 aliphatic carbocycles. The van der Waals surface area contributed by atoms with E-state index in [-0.39, 0.29) is 11.2 Å². The van der Waals surface area contributed by atoms with Crippen LogP contribution in [0.3, 0.4) is 0 Å². The Morgan fingerprint density at radius 2 is 1.62 bits per heavy atom. The lowest BCUT2D eigenvalue weighted by atomic mass is 10.1. The van der Waals surface area contributed by atoms with Crippen LogP contribution in [0.2, 0.25) is 0 Å². The van der Waals surface area contributed by atoms with Gasteiger partial charge in [-0.2, -0.15) is 0 Å². The standard InChI is InChI=1S/C26H20N2O3S/c1-16-7-10-19(11-8-16)28-25(30)21-5-3-4-6-22(21)27-26(28)32-15-18-14-24(29)31-23-13-17(2)9-12-20(18)23/h3-14H,15H2,1-2H3. The first kappa shape index (κ1) is 20.3. The van der Waals surface area contributed by atoms with Crippen molar-refractivity contribution in [2.75, 3.05) is 0 Å². The molecule has 0 radical (unpaired) electrons. The summed E-state index contributed by atoms with van der Waals surface area (Å²) in [7, 11) is 0.